The summed E-state index contributed by atoms with van der Waals surface area (Å²) in [6, 6.07) is 8.18. The minimum absolute atomic E-state index is 0.213. The molecule has 3 rings (SSSR count). The van der Waals surface area contributed by atoms with E-state index in [0.29, 0.717) is 0 Å². The first-order valence-electron chi connectivity index (χ1n) is 6.15. The minimum atomic E-state index is -0.213. The Labute approximate surface area is 106 Å². The highest BCUT2D eigenvalue weighted by atomic mass is 16.5. The summed E-state index contributed by atoms with van der Waals surface area (Å²) >= 11 is 0. The molecule has 1 aromatic carbocycles. The topological polar surface area (TPSA) is 41.6 Å². The molecule has 1 unspecified atom stereocenters. The summed E-state index contributed by atoms with van der Waals surface area (Å²) in [6.07, 6.45) is 1.94. The fourth-order valence-electron chi connectivity index (χ4n) is 2.81. The van der Waals surface area contributed by atoms with Crippen molar-refractivity contribution in [2.24, 2.45) is 0 Å². The summed E-state index contributed by atoms with van der Waals surface area (Å²) in [6.45, 7) is 1.99. The van der Waals surface area contributed by atoms with Gasteiger partial charge in [-0.3, -0.25) is 0 Å². The van der Waals surface area contributed by atoms with Gasteiger partial charge >= 0.3 is 5.97 Å². The van der Waals surface area contributed by atoms with E-state index in [9.17, 15) is 4.79 Å². The van der Waals surface area contributed by atoms with Gasteiger partial charge in [0, 0.05) is 5.70 Å². The summed E-state index contributed by atoms with van der Waals surface area (Å²) in [7, 11) is 1.44. The Hall–Kier alpha value is -1.97. The van der Waals surface area contributed by atoms with Crippen LogP contribution in [0.4, 0.5) is 11.4 Å². The Morgan fingerprint density at radius 1 is 1.44 bits per heavy atom. The van der Waals surface area contributed by atoms with Gasteiger partial charge in [0.05, 0.1) is 24.1 Å². The molecule has 0 saturated heterocycles. The third-order valence-corrected chi connectivity index (χ3v) is 3.70. The Kier molecular flexibility index (Phi) is 2.51. The zero-order valence-corrected chi connectivity index (χ0v) is 10.6. The van der Waals surface area contributed by atoms with Crippen molar-refractivity contribution in [2.75, 3.05) is 17.3 Å². The Balaban J connectivity index is 2.06. The fraction of sp³-hybridized carbons (Fsp3) is 0.357. The SMILES string of the molecule is COC(=O)C1=C(C)N2c3ccccc3NC2CC1. The van der Waals surface area contributed by atoms with Crippen LogP contribution < -0.4 is 10.2 Å². The van der Waals surface area contributed by atoms with Crippen LogP contribution in [0.5, 0.6) is 0 Å². The maximum atomic E-state index is 11.8. The average molecular weight is 244 g/mol. The van der Waals surface area contributed by atoms with Gasteiger partial charge in [0.1, 0.15) is 6.17 Å². The van der Waals surface area contributed by atoms with Crippen molar-refractivity contribution < 1.29 is 9.53 Å². The number of methoxy groups -OCH3 is 1. The molecule has 1 aromatic rings. The van der Waals surface area contributed by atoms with E-state index in [4.69, 9.17) is 4.74 Å². The number of carbonyl (C=O) groups is 1. The highest BCUT2D eigenvalue weighted by molar-refractivity contribution is 5.92. The smallest absolute Gasteiger partial charge is 0.335 e. The molecule has 0 radical (unpaired) electrons. The van der Waals surface area contributed by atoms with E-state index in [1.807, 2.05) is 19.1 Å². The summed E-state index contributed by atoms with van der Waals surface area (Å²) in [5, 5.41) is 3.48. The third kappa shape index (κ3) is 1.49. The Morgan fingerprint density at radius 3 is 3.00 bits per heavy atom. The van der Waals surface area contributed by atoms with Crippen molar-refractivity contribution in [3.63, 3.8) is 0 Å². The largest absolute Gasteiger partial charge is 0.466 e. The lowest BCUT2D eigenvalue weighted by atomic mass is 10.0. The van der Waals surface area contributed by atoms with E-state index >= 15 is 0 Å². The minimum Gasteiger partial charge on any atom is -0.466 e. The van der Waals surface area contributed by atoms with Crippen LogP contribution in [-0.2, 0) is 9.53 Å². The number of para-hydroxylation sites is 2. The first kappa shape index (κ1) is 11.1. The molecular formula is C14H16N2O2. The maximum Gasteiger partial charge on any atom is 0.335 e. The number of benzene rings is 1. The number of rotatable bonds is 1. The summed E-state index contributed by atoms with van der Waals surface area (Å²) in [5.74, 6) is -0.213. The number of ether oxygens (including phenoxy) is 1. The number of esters is 1. The monoisotopic (exact) mass is 244 g/mol. The van der Waals surface area contributed by atoms with Crippen molar-refractivity contribution in [3.05, 3.63) is 35.5 Å². The number of fused-ring (bicyclic) bond motifs is 3. The number of anilines is 2. The standard InChI is InChI=1S/C14H16N2O2/c1-9-10(14(17)18-2)7-8-13-15-11-5-3-4-6-12(11)16(9)13/h3-6,13,15H,7-8H2,1-2H3. The van der Waals surface area contributed by atoms with E-state index < -0.39 is 0 Å². The van der Waals surface area contributed by atoms with Gasteiger partial charge in [0.2, 0.25) is 0 Å². The Morgan fingerprint density at radius 2 is 2.22 bits per heavy atom. The van der Waals surface area contributed by atoms with Crippen LogP contribution in [0, 0.1) is 0 Å². The van der Waals surface area contributed by atoms with Gasteiger partial charge in [-0.15, -0.1) is 0 Å². The predicted octanol–water partition coefficient (Wildman–Crippen LogP) is 2.49. The molecule has 0 spiro atoms. The van der Waals surface area contributed by atoms with Crippen LogP contribution in [0.1, 0.15) is 19.8 Å². The molecule has 0 fully saturated rings. The van der Waals surface area contributed by atoms with Gasteiger partial charge in [-0.25, -0.2) is 4.79 Å². The molecule has 1 atom stereocenters. The van der Waals surface area contributed by atoms with Gasteiger partial charge in [-0.2, -0.15) is 0 Å². The lowest BCUT2D eigenvalue weighted by molar-refractivity contribution is -0.136. The summed E-state index contributed by atoms with van der Waals surface area (Å²) < 4.78 is 4.85. The second-order valence-electron chi connectivity index (χ2n) is 4.64. The fourth-order valence-corrected chi connectivity index (χ4v) is 2.81. The second kappa shape index (κ2) is 4.05. The molecule has 94 valence electrons. The normalized spacial score (nSPS) is 21.2. The molecule has 0 amide bonds. The van der Waals surface area contributed by atoms with Crippen molar-refractivity contribution in [2.45, 2.75) is 25.9 Å². The van der Waals surface area contributed by atoms with Crippen LogP contribution in [0.25, 0.3) is 0 Å². The van der Waals surface area contributed by atoms with E-state index in [0.717, 1.165) is 35.5 Å². The molecule has 2 aliphatic heterocycles. The second-order valence-corrected chi connectivity index (χ2v) is 4.64. The quantitative estimate of drug-likeness (QED) is 0.771. The highest BCUT2D eigenvalue weighted by Crippen LogP contribution is 2.42. The number of nitrogens with zero attached hydrogens (tertiary/aromatic N) is 1. The number of carbonyl (C=O) groups excluding carboxylic acids is 1. The van der Waals surface area contributed by atoms with Crippen LogP contribution in [0.2, 0.25) is 0 Å². The van der Waals surface area contributed by atoms with Crippen LogP contribution in [0.3, 0.4) is 0 Å². The molecule has 4 heteroatoms. The average Bonchev–Trinajstić information content (AvgIpc) is 2.77. The summed E-state index contributed by atoms with van der Waals surface area (Å²) in [4.78, 5) is 14.0. The third-order valence-electron chi connectivity index (χ3n) is 3.70. The van der Waals surface area contributed by atoms with Crippen LogP contribution >= 0.6 is 0 Å². The molecule has 2 heterocycles. The summed E-state index contributed by atoms with van der Waals surface area (Å²) in [5.41, 5.74) is 4.05. The van der Waals surface area contributed by atoms with Gasteiger partial charge in [-0.1, -0.05) is 12.1 Å². The molecule has 0 aromatic heterocycles. The van der Waals surface area contributed by atoms with Gasteiger partial charge in [0.15, 0.2) is 0 Å². The molecular weight excluding hydrogens is 228 g/mol. The molecule has 0 aliphatic carbocycles. The number of hydrogen-bond donors (Lipinski definition) is 1. The van der Waals surface area contributed by atoms with Crippen LogP contribution in [-0.4, -0.2) is 19.2 Å². The molecule has 0 saturated carbocycles. The van der Waals surface area contributed by atoms with E-state index in [1.54, 1.807) is 0 Å². The molecule has 2 aliphatic rings. The molecule has 18 heavy (non-hydrogen) atoms. The Bertz CT molecular complexity index is 536. The highest BCUT2D eigenvalue weighted by Gasteiger charge is 2.35. The molecule has 0 bridgehead atoms. The first-order chi connectivity index (χ1) is 8.72. The van der Waals surface area contributed by atoms with Crippen LogP contribution in [0.15, 0.2) is 35.5 Å². The van der Waals surface area contributed by atoms with Crippen molar-refractivity contribution in [3.8, 4) is 0 Å². The van der Waals surface area contributed by atoms with Crippen molar-refractivity contribution in [1.29, 1.82) is 0 Å². The lowest BCUT2D eigenvalue weighted by Crippen LogP contribution is -2.39. The van der Waals surface area contributed by atoms with Gasteiger partial charge < -0.3 is 15.0 Å². The maximum absolute atomic E-state index is 11.8. The number of nitrogens with one attached hydrogen (secondary N) is 1. The van der Waals surface area contributed by atoms with E-state index in [-0.39, 0.29) is 12.1 Å². The van der Waals surface area contributed by atoms with E-state index in [2.05, 4.69) is 22.3 Å². The number of allylic oxidation sites excluding steroid dienone is 1. The van der Waals surface area contributed by atoms with Crippen molar-refractivity contribution >= 4 is 17.3 Å². The van der Waals surface area contributed by atoms with Crippen molar-refractivity contribution in [1.82, 2.24) is 0 Å². The zero-order valence-electron chi connectivity index (χ0n) is 10.6. The molecule has 4 nitrogen and oxygen atoms in total. The number of hydrogen-bond acceptors (Lipinski definition) is 4. The molecule has 1 N–H and O–H groups in total. The zero-order chi connectivity index (χ0) is 12.7. The first-order valence-corrected chi connectivity index (χ1v) is 6.15. The van der Waals surface area contributed by atoms with Gasteiger partial charge in [0.25, 0.3) is 0 Å². The van der Waals surface area contributed by atoms with Gasteiger partial charge in [-0.05, 0) is 31.9 Å². The predicted molar refractivity (Wildman–Crippen MR) is 70.3 cm³/mol. The van der Waals surface area contributed by atoms with E-state index in [1.165, 1.54) is 7.11 Å². The lowest BCUT2D eigenvalue weighted by Gasteiger charge is -2.33.